The number of hydrogen-bond donors (Lipinski definition) is 1. The number of aryl methyl sites for hydroxylation is 1. The van der Waals surface area contributed by atoms with Crippen molar-refractivity contribution < 1.29 is 4.42 Å². The molecule has 2 aromatic carbocycles. The van der Waals surface area contributed by atoms with E-state index in [1.54, 1.807) is 0 Å². The van der Waals surface area contributed by atoms with Gasteiger partial charge in [0.15, 0.2) is 0 Å². The SMILES string of the molecule is Cc1cc(-c2ccc(CN[C@@H](C)c3ccccc3)o2)ccc1Br. The molecule has 23 heavy (non-hydrogen) atoms. The third-order valence-corrected chi connectivity index (χ3v) is 4.88. The molecule has 2 nitrogen and oxygen atoms in total. The minimum absolute atomic E-state index is 0.291. The summed E-state index contributed by atoms with van der Waals surface area (Å²) in [6.07, 6.45) is 0. The van der Waals surface area contributed by atoms with E-state index in [0.29, 0.717) is 12.6 Å². The van der Waals surface area contributed by atoms with Gasteiger partial charge in [-0.2, -0.15) is 0 Å². The summed E-state index contributed by atoms with van der Waals surface area (Å²) in [4.78, 5) is 0. The number of hydrogen-bond acceptors (Lipinski definition) is 2. The highest BCUT2D eigenvalue weighted by Gasteiger charge is 2.08. The van der Waals surface area contributed by atoms with Crippen LogP contribution in [0.1, 0.15) is 29.9 Å². The maximum Gasteiger partial charge on any atom is 0.134 e. The quantitative estimate of drug-likeness (QED) is 0.608. The minimum atomic E-state index is 0.291. The molecule has 0 unspecified atom stereocenters. The van der Waals surface area contributed by atoms with Gasteiger partial charge in [-0.3, -0.25) is 0 Å². The number of halogens is 1. The van der Waals surface area contributed by atoms with Gasteiger partial charge < -0.3 is 9.73 Å². The molecule has 1 N–H and O–H groups in total. The summed E-state index contributed by atoms with van der Waals surface area (Å²) in [6.45, 7) is 4.96. The molecule has 0 bridgehead atoms. The largest absolute Gasteiger partial charge is 0.460 e. The summed E-state index contributed by atoms with van der Waals surface area (Å²) < 4.78 is 7.09. The van der Waals surface area contributed by atoms with Crippen LogP contribution in [0.15, 0.2) is 69.6 Å². The maximum atomic E-state index is 5.97. The van der Waals surface area contributed by atoms with Gasteiger partial charge >= 0.3 is 0 Å². The lowest BCUT2D eigenvalue weighted by Crippen LogP contribution is -2.17. The van der Waals surface area contributed by atoms with E-state index in [9.17, 15) is 0 Å². The Morgan fingerprint density at radius 3 is 2.57 bits per heavy atom. The predicted molar refractivity (Wildman–Crippen MR) is 98.3 cm³/mol. The number of furan rings is 1. The Morgan fingerprint density at radius 2 is 1.83 bits per heavy atom. The Bertz CT molecular complexity index is 779. The number of benzene rings is 2. The smallest absolute Gasteiger partial charge is 0.134 e. The average Bonchev–Trinajstić information content (AvgIpc) is 3.05. The standard InChI is InChI=1S/C20H20BrNO/c1-14-12-17(8-10-19(14)21)20-11-9-18(23-20)13-22-15(2)16-6-4-3-5-7-16/h3-12,15,22H,13H2,1-2H3/t15-/m0/s1. The van der Waals surface area contributed by atoms with Crippen molar-refractivity contribution in [3.05, 3.63) is 82.0 Å². The highest BCUT2D eigenvalue weighted by molar-refractivity contribution is 9.10. The van der Waals surface area contributed by atoms with Gasteiger partial charge in [0, 0.05) is 16.1 Å². The monoisotopic (exact) mass is 369 g/mol. The van der Waals surface area contributed by atoms with Crippen LogP contribution in [0.4, 0.5) is 0 Å². The molecule has 0 fully saturated rings. The molecule has 0 spiro atoms. The van der Waals surface area contributed by atoms with Crippen molar-refractivity contribution in [1.29, 1.82) is 0 Å². The summed E-state index contributed by atoms with van der Waals surface area (Å²) in [5.41, 5.74) is 3.59. The van der Waals surface area contributed by atoms with Crippen molar-refractivity contribution in [1.82, 2.24) is 5.32 Å². The molecule has 3 aromatic rings. The summed E-state index contributed by atoms with van der Waals surface area (Å²) in [5.74, 6) is 1.85. The van der Waals surface area contributed by atoms with E-state index < -0.39 is 0 Å². The summed E-state index contributed by atoms with van der Waals surface area (Å²) in [7, 11) is 0. The second-order valence-corrected chi connectivity index (χ2v) is 6.60. The molecule has 0 saturated carbocycles. The van der Waals surface area contributed by atoms with Gasteiger partial charge in [0.1, 0.15) is 11.5 Å². The second kappa shape index (κ2) is 7.16. The molecule has 0 aliphatic heterocycles. The van der Waals surface area contributed by atoms with Crippen LogP contribution in [-0.2, 0) is 6.54 Å². The zero-order valence-corrected chi connectivity index (χ0v) is 14.9. The van der Waals surface area contributed by atoms with Gasteiger partial charge in [0.05, 0.1) is 6.54 Å². The fourth-order valence-electron chi connectivity index (χ4n) is 2.54. The molecule has 1 aromatic heterocycles. The molecule has 3 heteroatoms. The van der Waals surface area contributed by atoms with Gasteiger partial charge in [-0.05, 0) is 49.2 Å². The molecular formula is C20H20BrNO. The topological polar surface area (TPSA) is 25.2 Å². The third-order valence-electron chi connectivity index (χ3n) is 3.99. The van der Waals surface area contributed by atoms with Gasteiger partial charge in [0.25, 0.3) is 0 Å². The van der Waals surface area contributed by atoms with Gasteiger partial charge in [-0.25, -0.2) is 0 Å². The van der Waals surface area contributed by atoms with Crippen LogP contribution in [0.25, 0.3) is 11.3 Å². The molecule has 0 amide bonds. The fourth-order valence-corrected chi connectivity index (χ4v) is 2.79. The maximum absolute atomic E-state index is 5.97. The second-order valence-electron chi connectivity index (χ2n) is 5.74. The molecule has 0 radical (unpaired) electrons. The first kappa shape index (κ1) is 16.0. The van der Waals surface area contributed by atoms with Crippen molar-refractivity contribution in [3.8, 4) is 11.3 Å². The lowest BCUT2D eigenvalue weighted by Gasteiger charge is -2.12. The fraction of sp³-hybridized carbons (Fsp3) is 0.200. The van der Waals surface area contributed by atoms with Crippen LogP contribution in [0.2, 0.25) is 0 Å². The molecule has 0 saturated heterocycles. The van der Waals surface area contributed by atoms with Gasteiger partial charge in [-0.15, -0.1) is 0 Å². The van der Waals surface area contributed by atoms with Crippen molar-refractivity contribution in [2.24, 2.45) is 0 Å². The summed E-state index contributed by atoms with van der Waals surface area (Å²) >= 11 is 3.53. The first-order valence-corrected chi connectivity index (χ1v) is 8.56. The Morgan fingerprint density at radius 1 is 1.04 bits per heavy atom. The van der Waals surface area contributed by atoms with Crippen molar-refractivity contribution in [2.45, 2.75) is 26.4 Å². The lowest BCUT2D eigenvalue weighted by atomic mass is 10.1. The van der Waals surface area contributed by atoms with Crippen molar-refractivity contribution in [2.75, 3.05) is 0 Å². The molecule has 118 valence electrons. The average molecular weight is 370 g/mol. The highest BCUT2D eigenvalue weighted by atomic mass is 79.9. The molecular weight excluding hydrogens is 350 g/mol. The minimum Gasteiger partial charge on any atom is -0.460 e. The summed E-state index contributed by atoms with van der Waals surface area (Å²) in [6, 6.07) is 21.1. The zero-order valence-electron chi connectivity index (χ0n) is 13.3. The van der Waals surface area contributed by atoms with Crippen LogP contribution >= 0.6 is 15.9 Å². The molecule has 0 aliphatic rings. The summed E-state index contributed by atoms with van der Waals surface area (Å²) in [5, 5.41) is 3.50. The van der Waals surface area contributed by atoms with Crippen molar-refractivity contribution >= 4 is 15.9 Å². The molecule has 1 atom stereocenters. The Balaban J connectivity index is 1.66. The van der Waals surface area contributed by atoms with E-state index in [-0.39, 0.29) is 0 Å². The van der Waals surface area contributed by atoms with Gasteiger partial charge in [0.2, 0.25) is 0 Å². The van der Waals surface area contributed by atoms with Crippen LogP contribution < -0.4 is 5.32 Å². The van der Waals surface area contributed by atoms with Crippen molar-refractivity contribution in [3.63, 3.8) is 0 Å². The highest BCUT2D eigenvalue weighted by Crippen LogP contribution is 2.26. The van der Waals surface area contributed by atoms with Crippen LogP contribution in [0.5, 0.6) is 0 Å². The normalized spacial score (nSPS) is 12.3. The van der Waals surface area contributed by atoms with E-state index in [1.807, 2.05) is 18.2 Å². The van der Waals surface area contributed by atoms with Crippen LogP contribution in [0.3, 0.4) is 0 Å². The zero-order chi connectivity index (χ0) is 16.2. The van der Waals surface area contributed by atoms with Crippen LogP contribution in [-0.4, -0.2) is 0 Å². The Hall–Kier alpha value is -1.84. The van der Waals surface area contributed by atoms with E-state index in [2.05, 4.69) is 77.6 Å². The van der Waals surface area contributed by atoms with E-state index in [1.165, 1.54) is 11.1 Å². The first-order chi connectivity index (χ1) is 11.1. The molecule has 0 aliphatic carbocycles. The lowest BCUT2D eigenvalue weighted by molar-refractivity contribution is 0.468. The number of nitrogens with one attached hydrogen (secondary N) is 1. The first-order valence-electron chi connectivity index (χ1n) is 7.77. The Kier molecular flexibility index (Phi) is 4.99. The molecule has 3 rings (SSSR count). The molecule has 1 heterocycles. The number of rotatable bonds is 5. The van der Waals surface area contributed by atoms with E-state index in [0.717, 1.165) is 21.6 Å². The third kappa shape index (κ3) is 3.92. The van der Waals surface area contributed by atoms with Gasteiger partial charge in [-0.1, -0.05) is 52.3 Å². The Labute approximate surface area is 145 Å². The van der Waals surface area contributed by atoms with Crippen LogP contribution in [0, 0.1) is 6.92 Å². The predicted octanol–water partition coefficient (Wildman–Crippen LogP) is 5.87. The van der Waals surface area contributed by atoms with E-state index in [4.69, 9.17) is 4.42 Å². The van der Waals surface area contributed by atoms with E-state index >= 15 is 0 Å².